The Kier molecular flexibility index (Phi) is 2.49. The largest absolute Gasteiger partial charge is 0.0879 e. The molecular weight excluding hydrogens is 156 g/mol. The van der Waals surface area contributed by atoms with Crippen LogP contribution in [0.4, 0.5) is 0 Å². The van der Waals surface area contributed by atoms with Crippen LogP contribution in [-0.4, -0.2) is 0 Å². The van der Waals surface area contributed by atoms with Crippen molar-refractivity contribution in [3.05, 3.63) is 48.1 Å². The lowest BCUT2D eigenvalue weighted by molar-refractivity contribution is 0.751. The van der Waals surface area contributed by atoms with E-state index in [0.717, 1.165) is 0 Å². The maximum Gasteiger partial charge on any atom is -0.00103 e. The van der Waals surface area contributed by atoms with E-state index < -0.39 is 0 Å². The average molecular weight is 172 g/mol. The molecule has 2 aliphatic carbocycles. The number of rotatable bonds is 1. The summed E-state index contributed by atoms with van der Waals surface area (Å²) in [6, 6.07) is 0. The molecule has 0 N–H and O–H groups in total. The van der Waals surface area contributed by atoms with Crippen molar-refractivity contribution in [2.75, 3.05) is 0 Å². The normalized spacial score (nSPS) is 34.7. The molecule has 2 atom stereocenters. The second-order valence-electron chi connectivity index (χ2n) is 3.87. The molecule has 0 radical (unpaired) electrons. The van der Waals surface area contributed by atoms with Crippen LogP contribution in [0, 0.1) is 11.8 Å². The van der Waals surface area contributed by atoms with Gasteiger partial charge in [0, 0.05) is 0 Å². The minimum atomic E-state index is 0.596. The van der Waals surface area contributed by atoms with E-state index in [4.69, 9.17) is 0 Å². The highest BCUT2D eigenvalue weighted by Crippen LogP contribution is 2.25. The summed E-state index contributed by atoms with van der Waals surface area (Å²) in [5.41, 5.74) is 1.47. The van der Waals surface area contributed by atoms with Gasteiger partial charge in [-0.15, -0.1) is 0 Å². The summed E-state index contributed by atoms with van der Waals surface area (Å²) in [7, 11) is 0. The van der Waals surface area contributed by atoms with Crippen LogP contribution in [0.15, 0.2) is 48.1 Å². The Balaban J connectivity index is 2.10. The molecule has 0 nitrogen and oxygen atoms in total. The SMILES string of the molecule is CC1C=CC=CC1=CC1C=CCC1. The smallest absolute Gasteiger partial charge is 0.00103 e. The van der Waals surface area contributed by atoms with E-state index in [1.807, 2.05) is 0 Å². The van der Waals surface area contributed by atoms with Crippen LogP contribution in [0.1, 0.15) is 19.8 Å². The Morgan fingerprint density at radius 3 is 2.92 bits per heavy atom. The summed E-state index contributed by atoms with van der Waals surface area (Å²) in [5, 5.41) is 0. The Morgan fingerprint density at radius 1 is 1.31 bits per heavy atom. The van der Waals surface area contributed by atoms with Crippen molar-refractivity contribution in [3.8, 4) is 0 Å². The molecule has 2 rings (SSSR count). The zero-order valence-corrected chi connectivity index (χ0v) is 8.11. The lowest BCUT2D eigenvalue weighted by atomic mass is 9.92. The molecule has 0 saturated carbocycles. The van der Waals surface area contributed by atoms with Crippen LogP contribution in [0.3, 0.4) is 0 Å². The van der Waals surface area contributed by atoms with Gasteiger partial charge in [-0.05, 0) is 30.3 Å². The van der Waals surface area contributed by atoms with Gasteiger partial charge in [-0.25, -0.2) is 0 Å². The molecule has 0 amide bonds. The molecule has 0 bridgehead atoms. The molecule has 68 valence electrons. The minimum Gasteiger partial charge on any atom is -0.0879 e. The van der Waals surface area contributed by atoms with E-state index in [0.29, 0.717) is 11.8 Å². The number of allylic oxidation sites excluding steroid dienone is 8. The van der Waals surface area contributed by atoms with Gasteiger partial charge in [0.25, 0.3) is 0 Å². The molecule has 0 aliphatic heterocycles. The summed E-state index contributed by atoms with van der Waals surface area (Å²) < 4.78 is 0. The Bertz CT molecular complexity index is 289. The fraction of sp³-hybridized carbons (Fsp3) is 0.385. The summed E-state index contributed by atoms with van der Waals surface area (Å²) in [5.74, 6) is 1.28. The monoisotopic (exact) mass is 172 g/mol. The van der Waals surface area contributed by atoms with Crippen molar-refractivity contribution in [3.63, 3.8) is 0 Å². The van der Waals surface area contributed by atoms with Gasteiger partial charge in [-0.1, -0.05) is 49.5 Å². The quantitative estimate of drug-likeness (QED) is 0.530. The Morgan fingerprint density at radius 2 is 2.23 bits per heavy atom. The first-order valence-corrected chi connectivity index (χ1v) is 5.09. The summed E-state index contributed by atoms with van der Waals surface area (Å²) >= 11 is 0. The van der Waals surface area contributed by atoms with Crippen LogP contribution in [0.5, 0.6) is 0 Å². The van der Waals surface area contributed by atoms with Gasteiger partial charge in [-0.3, -0.25) is 0 Å². The van der Waals surface area contributed by atoms with Crippen LogP contribution in [-0.2, 0) is 0 Å². The Hall–Kier alpha value is -1.04. The van der Waals surface area contributed by atoms with E-state index in [1.54, 1.807) is 0 Å². The fourth-order valence-corrected chi connectivity index (χ4v) is 1.91. The lowest BCUT2D eigenvalue weighted by Crippen LogP contribution is -1.98. The number of hydrogen-bond acceptors (Lipinski definition) is 0. The molecule has 0 aromatic rings. The van der Waals surface area contributed by atoms with Crippen molar-refractivity contribution in [1.29, 1.82) is 0 Å². The molecule has 0 aromatic carbocycles. The topological polar surface area (TPSA) is 0 Å². The molecule has 0 heteroatoms. The predicted molar refractivity (Wildman–Crippen MR) is 57.4 cm³/mol. The van der Waals surface area contributed by atoms with E-state index in [-0.39, 0.29) is 0 Å². The van der Waals surface area contributed by atoms with Gasteiger partial charge < -0.3 is 0 Å². The molecule has 0 heterocycles. The van der Waals surface area contributed by atoms with Crippen LogP contribution >= 0.6 is 0 Å². The van der Waals surface area contributed by atoms with Crippen LogP contribution < -0.4 is 0 Å². The maximum absolute atomic E-state index is 2.41. The standard InChI is InChI=1S/C13H16/c1-11-6-2-5-9-13(11)10-12-7-3-4-8-12/h2-3,5-7,9-12H,4,8H2,1H3. The highest BCUT2D eigenvalue weighted by Gasteiger charge is 2.10. The number of hydrogen-bond donors (Lipinski definition) is 0. The average Bonchev–Trinajstić information content (AvgIpc) is 2.61. The first-order chi connectivity index (χ1) is 6.36. The second kappa shape index (κ2) is 3.78. The third-order valence-electron chi connectivity index (χ3n) is 2.78. The van der Waals surface area contributed by atoms with Crippen molar-refractivity contribution in [1.82, 2.24) is 0 Å². The van der Waals surface area contributed by atoms with Crippen LogP contribution in [0.2, 0.25) is 0 Å². The molecule has 2 unspecified atom stereocenters. The van der Waals surface area contributed by atoms with Crippen molar-refractivity contribution >= 4 is 0 Å². The molecule has 2 aliphatic rings. The summed E-state index contributed by atoms with van der Waals surface area (Å²) in [4.78, 5) is 0. The minimum absolute atomic E-state index is 0.596. The summed E-state index contributed by atoms with van der Waals surface area (Å²) in [6.07, 6.45) is 18.3. The van der Waals surface area contributed by atoms with E-state index >= 15 is 0 Å². The van der Waals surface area contributed by atoms with Crippen molar-refractivity contribution in [2.24, 2.45) is 11.8 Å². The van der Waals surface area contributed by atoms with Gasteiger partial charge >= 0.3 is 0 Å². The maximum atomic E-state index is 2.41. The van der Waals surface area contributed by atoms with Gasteiger partial charge in [0.2, 0.25) is 0 Å². The molecular formula is C13H16. The van der Waals surface area contributed by atoms with Crippen molar-refractivity contribution < 1.29 is 0 Å². The third kappa shape index (κ3) is 2.00. The predicted octanol–water partition coefficient (Wildman–Crippen LogP) is 3.64. The first kappa shape index (κ1) is 8.55. The van der Waals surface area contributed by atoms with Gasteiger partial charge in [0.1, 0.15) is 0 Å². The van der Waals surface area contributed by atoms with E-state index in [1.165, 1.54) is 18.4 Å². The van der Waals surface area contributed by atoms with E-state index in [2.05, 4.69) is 49.5 Å². The van der Waals surface area contributed by atoms with Gasteiger partial charge in [0.15, 0.2) is 0 Å². The molecule has 0 fully saturated rings. The molecule has 0 aromatic heterocycles. The highest BCUT2D eigenvalue weighted by molar-refractivity contribution is 5.33. The second-order valence-corrected chi connectivity index (χ2v) is 3.87. The van der Waals surface area contributed by atoms with Crippen molar-refractivity contribution in [2.45, 2.75) is 19.8 Å². The third-order valence-corrected chi connectivity index (χ3v) is 2.78. The van der Waals surface area contributed by atoms with Crippen LogP contribution in [0.25, 0.3) is 0 Å². The van der Waals surface area contributed by atoms with Gasteiger partial charge in [0.05, 0.1) is 0 Å². The molecule has 13 heavy (non-hydrogen) atoms. The molecule has 0 saturated heterocycles. The first-order valence-electron chi connectivity index (χ1n) is 5.09. The Labute approximate surface area is 80.3 Å². The summed E-state index contributed by atoms with van der Waals surface area (Å²) in [6.45, 7) is 2.25. The molecule has 0 spiro atoms. The fourth-order valence-electron chi connectivity index (χ4n) is 1.91. The zero-order valence-electron chi connectivity index (χ0n) is 8.11. The van der Waals surface area contributed by atoms with E-state index in [9.17, 15) is 0 Å². The lowest BCUT2D eigenvalue weighted by Gasteiger charge is -2.13. The zero-order chi connectivity index (χ0) is 9.10. The highest BCUT2D eigenvalue weighted by atomic mass is 14.2. The van der Waals surface area contributed by atoms with Gasteiger partial charge in [-0.2, -0.15) is 0 Å².